The highest BCUT2D eigenvalue weighted by molar-refractivity contribution is 8.00. The Hall–Kier alpha value is -2.72. The fourth-order valence-corrected chi connectivity index (χ4v) is 22.7. The number of esters is 1. The Labute approximate surface area is 769 Å². The highest BCUT2D eigenvalue weighted by Gasteiger charge is 2.61. The van der Waals surface area contributed by atoms with E-state index in [1.54, 1.807) is 0 Å². The van der Waals surface area contributed by atoms with Gasteiger partial charge < -0.3 is 198 Å². The number of carboxylic acid groups (broad SMARTS) is 7. The zero-order valence-corrected chi connectivity index (χ0v) is 75.4. The fourth-order valence-electron chi connectivity index (χ4n) is 14.8. The van der Waals surface area contributed by atoms with Crippen molar-refractivity contribution in [1.29, 1.82) is 0 Å². The Balaban J connectivity index is 1.12. The van der Waals surface area contributed by atoms with Crippen LogP contribution in [0.4, 0.5) is 0 Å². The summed E-state index contributed by atoms with van der Waals surface area (Å²) in [7, 11) is 1.12. The maximum atomic E-state index is 12.4. The van der Waals surface area contributed by atoms with Crippen molar-refractivity contribution in [3.05, 3.63) is 0 Å². The van der Waals surface area contributed by atoms with Crippen molar-refractivity contribution >= 4 is 142 Å². The predicted molar refractivity (Wildman–Crippen MR) is 445 cm³/mol. The Morgan fingerprint density at radius 3 is 0.419 bits per heavy atom. The van der Waals surface area contributed by atoms with Gasteiger partial charge in [-0.05, 0) is 0 Å². The van der Waals surface area contributed by atoms with Crippen molar-refractivity contribution in [2.45, 2.75) is 297 Å². The van der Waals surface area contributed by atoms with E-state index >= 15 is 0 Å². The van der Waals surface area contributed by atoms with E-state index in [-0.39, 0.29) is 98.5 Å². The first-order valence-corrected chi connectivity index (χ1v) is 50.1. The van der Waals surface area contributed by atoms with E-state index in [0.29, 0.717) is 0 Å². The Morgan fingerprint density at radius 1 is 0.194 bits per heavy atom. The summed E-state index contributed by atoms with van der Waals surface area (Å²) in [4.78, 5) is 95.0. The molecule has 30 aliphatic rings. The highest BCUT2D eigenvalue weighted by Crippen LogP contribution is 2.43. The van der Waals surface area contributed by atoms with Crippen molar-refractivity contribution in [3.8, 4) is 0 Å². The van der Waals surface area contributed by atoms with Gasteiger partial charge in [-0.1, -0.05) is 0 Å². The van der Waals surface area contributed by atoms with Gasteiger partial charge in [0.05, 0.1) is 107 Å². The van der Waals surface area contributed by atoms with E-state index in [2.05, 4.69) is 0 Å². The van der Waals surface area contributed by atoms with Gasteiger partial charge in [0.1, 0.15) is 146 Å². The summed E-state index contributed by atoms with van der Waals surface area (Å²) in [6.07, 6.45) is -85.2. The molecule has 0 aromatic heterocycles. The number of aliphatic hydroxyl groups excluding tert-OH is 16. The third-order valence-corrected chi connectivity index (χ3v) is 30.1. The Kier molecular flexibility index (Phi) is 45.5. The summed E-state index contributed by atoms with van der Waals surface area (Å²) in [5, 5.41) is 263. The standard InChI is InChI=1S/C73H114O48S8/c1-105-41(88)9-17-129-25-33-65-49(96)57(104)73(113-33)120-64-32(24-128-16-8-40(86)87)111-71(55(102)47(64)94)118-62-30(22-126-14-6-38(82)83)109-69(53(100)45(62)92)116-60-28(20-124-12-4-36(78)79)107-67(51(98)43(60)90)114-58-26(18-122-10-2-34(74)75)106-66(50(97)42(58)89)115-59-27(19-123-11-3-35(76)77)108-68(52(99)44(59)91)117-61-29(21-125-13-5-37(80)81)110-70(54(101)46(61)93)119-63-31(23-127-15-7-39(84)85)112-72(121-65)56(103)48(63)95/h26-33,42-73,89-104H,2-25H2,1H3,(H,74,75)(H,76,77)(H,78,79)(H,80,81)(H,82,83)(H,84,85)(H,86,87)/t26-,27-,28-,29-,30-,31-,32-,33-,42-,43-,44-,45-,46-,47-,48-,49-,50-,51-,52-,53-,54-,55-,56-,57-,58-,59-,60-,61-,62-,63-,64-,65-,66-,67-,68-,69-,70-,71-,72-,73-/m1/s1. The number of aliphatic hydroxyl groups is 16. The quantitative estimate of drug-likeness (QED) is 0.0200. The van der Waals surface area contributed by atoms with E-state index in [9.17, 15) is 156 Å². The molecular weight excluding hydrogens is 1900 g/mol. The maximum absolute atomic E-state index is 12.4. The summed E-state index contributed by atoms with van der Waals surface area (Å²) < 4.78 is 105. The smallest absolute Gasteiger partial charge is 0.306 e. The minimum Gasteiger partial charge on any atom is -0.481 e. The van der Waals surface area contributed by atoms with Crippen LogP contribution in [-0.4, -0.2) is 510 Å². The first kappa shape index (κ1) is 110. The lowest BCUT2D eigenvalue weighted by atomic mass is 9.95. The van der Waals surface area contributed by atoms with Gasteiger partial charge in [-0.25, -0.2) is 0 Å². The molecule has 30 rings (SSSR count). The zero-order valence-electron chi connectivity index (χ0n) is 68.8. The third-order valence-electron chi connectivity index (χ3n) is 21.6. The van der Waals surface area contributed by atoms with E-state index in [1.165, 1.54) is 0 Å². The maximum Gasteiger partial charge on any atom is 0.306 e. The lowest BCUT2D eigenvalue weighted by Gasteiger charge is -2.51. The number of ether oxygens (including phenoxy) is 17. The fraction of sp³-hybridized carbons (Fsp3) is 0.890. The van der Waals surface area contributed by atoms with Crippen LogP contribution < -0.4 is 0 Å². The van der Waals surface area contributed by atoms with Gasteiger partial charge in [0.25, 0.3) is 0 Å². The van der Waals surface area contributed by atoms with E-state index in [1.807, 2.05) is 0 Å². The summed E-state index contributed by atoms with van der Waals surface area (Å²) in [5.74, 6) is -13.5. The molecule has 30 fully saturated rings. The first-order valence-electron chi connectivity index (χ1n) is 40.9. The molecule has 742 valence electrons. The highest BCUT2D eigenvalue weighted by atomic mass is 32.2. The van der Waals surface area contributed by atoms with Crippen LogP contribution in [0.3, 0.4) is 0 Å². The zero-order chi connectivity index (χ0) is 94.4. The van der Waals surface area contributed by atoms with Crippen molar-refractivity contribution in [2.24, 2.45) is 0 Å². The molecular formula is C73H114O48S8. The predicted octanol–water partition coefficient (Wildman–Crippen LogP) is -7.59. The third kappa shape index (κ3) is 31.1. The van der Waals surface area contributed by atoms with Crippen LogP contribution in [0.25, 0.3) is 0 Å². The number of carbonyl (C=O) groups is 8. The van der Waals surface area contributed by atoms with Crippen LogP contribution in [0.2, 0.25) is 0 Å². The largest absolute Gasteiger partial charge is 0.481 e. The number of hydrogen-bond donors (Lipinski definition) is 23. The Bertz CT molecular complexity index is 3230. The number of aliphatic carboxylic acids is 7. The molecule has 129 heavy (non-hydrogen) atoms. The molecule has 0 amide bonds. The average molecular weight is 2020 g/mol. The van der Waals surface area contributed by atoms with Crippen LogP contribution >= 0.6 is 94.1 Å². The van der Waals surface area contributed by atoms with Crippen LogP contribution in [0, 0.1) is 0 Å². The second kappa shape index (κ2) is 53.4. The first-order chi connectivity index (χ1) is 61.3. The second-order valence-corrected chi connectivity index (χ2v) is 40.1. The number of thioether (sulfide) groups is 8. The van der Waals surface area contributed by atoms with E-state index in [4.69, 9.17) is 80.5 Å². The molecule has 0 unspecified atom stereocenters. The number of methoxy groups -OCH3 is 1. The second-order valence-electron chi connectivity index (χ2n) is 30.9. The molecule has 16 bridgehead atoms. The molecule has 0 radical (unpaired) electrons. The van der Waals surface area contributed by atoms with Crippen molar-refractivity contribution in [3.63, 3.8) is 0 Å². The molecule has 0 saturated carbocycles. The lowest BCUT2D eigenvalue weighted by molar-refractivity contribution is -0.396. The van der Waals surface area contributed by atoms with Gasteiger partial charge in [-0.2, -0.15) is 94.1 Å². The van der Waals surface area contributed by atoms with Crippen molar-refractivity contribution in [2.75, 3.05) is 99.2 Å². The topological polar surface area (TPSA) is 759 Å². The number of carbonyl (C=O) groups excluding carboxylic acids is 1. The van der Waals surface area contributed by atoms with Crippen molar-refractivity contribution < 1.29 is 236 Å². The van der Waals surface area contributed by atoms with Crippen LogP contribution in [0.1, 0.15) is 51.4 Å². The monoisotopic (exact) mass is 2010 g/mol. The summed E-state index contributed by atoms with van der Waals surface area (Å²) in [6.45, 7) is 0. The van der Waals surface area contributed by atoms with Gasteiger partial charge in [0.2, 0.25) is 0 Å². The van der Waals surface area contributed by atoms with Gasteiger partial charge in [0, 0.05) is 92.0 Å². The van der Waals surface area contributed by atoms with E-state index < -0.39 is 338 Å². The molecule has 30 aliphatic heterocycles. The molecule has 0 spiro atoms. The number of rotatable bonds is 40. The lowest BCUT2D eigenvalue weighted by Crippen LogP contribution is -2.69. The molecule has 48 nitrogen and oxygen atoms in total. The molecule has 0 aromatic rings. The summed E-state index contributed by atoms with van der Waals surface area (Å²) >= 11 is 7.18. The van der Waals surface area contributed by atoms with Crippen LogP contribution in [0.5, 0.6) is 0 Å². The summed E-state index contributed by atoms with van der Waals surface area (Å²) in [5.41, 5.74) is 0. The number of carboxylic acids is 7. The SMILES string of the molecule is COC(=O)CCSC[C@H]1O[C@@H]2O[C@H]3[C@H](O)[C@@H](O)[C@@H](O[C@H]4[C@H](O)[C@@H](O)[C@@H](O[C@H]5[C@H](O)[C@@H](O)[C@@H](O[C@H]6[C@H](O)[C@@H](O)[C@@H](O[C@H]7[C@H](O)[C@@H](O)[C@@H](O[C@H]8[C@H](O)[C@@H](O)[C@@H](O[C@H]9[C@H](O)[C@@H](O)[C@@H](O[C@H]1[C@H](O)[C@H]2O)O[C@@H]9CSCCC(=O)O)O[C@@H]8CSCCC(=O)O)O[C@@H]7CSCCC(=O)O)O[C@@H]6CSCCC(=O)O)O[C@@H]5CSCCC(=O)O)O[C@@H]4CSCCC(=O)O)O[C@@H]3CSCCC(=O)O. The van der Waals surface area contributed by atoms with Crippen LogP contribution in [-0.2, 0) is 119 Å². The molecule has 30 heterocycles. The van der Waals surface area contributed by atoms with Crippen LogP contribution in [0.15, 0.2) is 0 Å². The van der Waals surface area contributed by atoms with Gasteiger partial charge in [-0.3, -0.25) is 38.4 Å². The van der Waals surface area contributed by atoms with Gasteiger partial charge >= 0.3 is 47.8 Å². The minimum absolute atomic E-state index is 0.0227. The molecule has 23 N–H and O–H groups in total. The molecule has 56 heteroatoms. The minimum atomic E-state index is -2.32. The molecule has 0 aliphatic carbocycles. The van der Waals surface area contributed by atoms with E-state index in [0.717, 1.165) is 101 Å². The normalized spacial score (nSPS) is 41.2. The molecule has 40 atom stereocenters. The molecule has 0 aromatic carbocycles. The number of hydrogen-bond acceptors (Lipinski definition) is 49. The summed E-state index contributed by atoms with van der Waals surface area (Å²) in [6, 6.07) is 0. The van der Waals surface area contributed by atoms with Crippen molar-refractivity contribution in [1.82, 2.24) is 0 Å². The van der Waals surface area contributed by atoms with Gasteiger partial charge in [-0.15, -0.1) is 0 Å². The average Bonchev–Trinajstić information content (AvgIpc) is 0.769. The molecule has 30 saturated heterocycles. The Morgan fingerprint density at radius 2 is 0.310 bits per heavy atom. The van der Waals surface area contributed by atoms with Gasteiger partial charge in [0.15, 0.2) is 50.3 Å².